The van der Waals surface area contributed by atoms with Gasteiger partial charge in [-0.05, 0) is 18.6 Å². The summed E-state index contributed by atoms with van der Waals surface area (Å²) in [6, 6.07) is 5.57. The summed E-state index contributed by atoms with van der Waals surface area (Å²) in [6.07, 6.45) is -0.366. The molecule has 0 spiro atoms. The van der Waals surface area contributed by atoms with Crippen LogP contribution in [-0.2, 0) is 5.41 Å². The van der Waals surface area contributed by atoms with E-state index in [0.29, 0.717) is 5.75 Å². The van der Waals surface area contributed by atoms with Gasteiger partial charge in [0.2, 0.25) is 5.92 Å². The maximum Gasteiger partial charge on any atom is 0.250 e. The van der Waals surface area contributed by atoms with Crippen LogP contribution in [0.15, 0.2) is 18.2 Å². The Labute approximate surface area is 99.8 Å². The summed E-state index contributed by atoms with van der Waals surface area (Å²) in [6.45, 7) is 2.13. The Hall–Kier alpha value is -1.16. The lowest BCUT2D eigenvalue weighted by Crippen LogP contribution is -2.54. The fourth-order valence-electron chi connectivity index (χ4n) is 2.85. The highest BCUT2D eigenvalue weighted by atomic mass is 19.3. The number of ether oxygens (including phenoxy) is 1. The molecule has 2 N–H and O–H groups in total. The van der Waals surface area contributed by atoms with E-state index in [0.717, 1.165) is 11.1 Å². The van der Waals surface area contributed by atoms with Crippen LogP contribution in [-0.4, -0.2) is 19.6 Å². The van der Waals surface area contributed by atoms with Crippen molar-refractivity contribution in [3.63, 3.8) is 0 Å². The molecule has 2 rings (SSSR count). The second kappa shape index (κ2) is 3.95. The molecule has 0 unspecified atom stereocenters. The molecule has 1 aliphatic carbocycles. The Bertz CT molecular complexity index is 423. The van der Waals surface area contributed by atoms with Gasteiger partial charge in [0.05, 0.1) is 7.11 Å². The summed E-state index contributed by atoms with van der Waals surface area (Å²) in [5, 5.41) is 0. The van der Waals surface area contributed by atoms with E-state index in [1.54, 1.807) is 13.2 Å². The molecule has 0 aliphatic heterocycles. The van der Waals surface area contributed by atoms with Crippen LogP contribution in [0.3, 0.4) is 0 Å². The van der Waals surface area contributed by atoms with E-state index in [1.807, 2.05) is 19.1 Å². The summed E-state index contributed by atoms with van der Waals surface area (Å²) in [7, 11) is 1.55. The van der Waals surface area contributed by atoms with Crippen molar-refractivity contribution in [1.82, 2.24) is 0 Å². The third kappa shape index (κ3) is 1.90. The minimum Gasteiger partial charge on any atom is -0.496 e. The third-order valence-electron chi connectivity index (χ3n) is 3.57. The molecule has 2 nitrogen and oxygen atoms in total. The summed E-state index contributed by atoms with van der Waals surface area (Å²) in [4.78, 5) is 0. The van der Waals surface area contributed by atoms with Crippen LogP contribution >= 0.6 is 0 Å². The van der Waals surface area contributed by atoms with Crippen molar-refractivity contribution < 1.29 is 13.5 Å². The van der Waals surface area contributed by atoms with Gasteiger partial charge < -0.3 is 10.5 Å². The highest BCUT2D eigenvalue weighted by Gasteiger charge is 2.57. The van der Waals surface area contributed by atoms with E-state index in [2.05, 4.69) is 0 Å². The summed E-state index contributed by atoms with van der Waals surface area (Å²) in [5.74, 6) is -1.93. The van der Waals surface area contributed by atoms with E-state index in [4.69, 9.17) is 10.5 Å². The molecule has 4 heteroatoms. The monoisotopic (exact) mass is 241 g/mol. The van der Waals surface area contributed by atoms with Gasteiger partial charge in [0.1, 0.15) is 5.75 Å². The molecule has 1 aromatic rings. The van der Waals surface area contributed by atoms with Crippen LogP contribution in [0, 0.1) is 6.92 Å². The van der Waals surface area contributed by atoms with Gasteiger partial charge in [-0.2, -0.15) is 0 Å². The smallest absolute Gasteiger partial charge is 0.250 e. The van der Waals surface area contributed by atoms with Crippen molar-refractivity contribution in [2.24, 2.45) is 5.73 Å². The van der Waals surface area contributed by atoms with Crippen LogP contribution in [0.25, 0.3) is 0 Å². The van der Waals surface area contributed by atoms with Gasteiger partial charge in [-0.25, -0.2) is 8.78 Å². The highest BCUT2D eigenvalue weighted by Crippen LogP contribution is 2.55. The molecule has 0 amide bonds. The molecule has 0 radical (unpaired) electrons. The molecule has 0 heterocycles. The standard InChI is InChI=1S/C13H17F2NO/c1-9-4-3-5-10(17-2)11(9)12(8-16)6-13(14,15)7-12/h3-5H,6-8,16H2,1-2H3. The molecule has 0 saturated heterocycles. The molecule has 17 heavy (non-hydrogen) atoms. The van der Waals surface area contributed by atoms with Gasteiger partial charge in [-0.3, -0.25) is 0 Å². The summed E-state index contributed by atoms with van der Waals surface area (Å²) < 4.78 is 31.6. The van der Waals surface area contributed by atoms with Crippen molar-refractivity contribution >= 4 is 0 Å². The topological polar surface area (TPSA) is 35.2 Å². The molecule has 0 aromatic heterocycles. The molecular formula is C13H17F2NO. The van der Waals surface area contributed by atoms with Gasteiger partial charge in [0.15, 0.2) is 0 Å². The van der Waals surface area contributed by atoms with Crippen LogP contribution in [0.1, 0.15) is 24.0 Å². The maximum atomic E-state index is 13.2. The first-order chi connectivity index (χ1) is 7.94. The van der Waals surface area contributed by atoms with Crippen LogP contribution in [0.5, 0.6) is 5.75 Å². The number of hydrogen-bond acceptors (Lipinski definition) is 2. The average Bonchev–Trinajstić information content (AvgIpc) is 2.25. The number of benzene rings is 1. The van der Waals surface area contributed by atoms with Crippen molar-refractivity contribution in [2.75, 3.05) is 13.7 Å². The fraction of sp³-hybridized carbons (Fsp3) is 0.538. The number of methoxy groups -OCH3 is 1. The van der Waals surface area contributed by atoms with Crippen molar-refractivity contribution in [3.8, 4) is 5.75 Å². The predicted molar refractivity (Wildman–Crippen MR) is 62.6 cm³/mol. The van der Waals surface area contributed by atoms with Crippen LogP contribution < -0.4 is 10.5 Å². The molecule has 1 fully saturated rings. The Balaban J connectivity index is 2.46. The fourth-order valence-corrected chi connectivity index (χ4v) is 2.85. The van der Waals surface area contributed by atoms with Gasteiger partial charge in [-0.1, -0.05) is 12.1 Å². The Morgan fingerprint density at radius 1 is 1.35 bits per heavy atom. The Morgan fingerprint density at radius 3 is 2.47 bits per heavy atom. The van der Waals surface area contributed by atoms with E-state index in [9.17, 15) is 8.78 Å². The quantitative estimate of drug-likeness (QED) is 0.883. The zero-order chi connectivity index (χ0) is 12.7. The van der Waals surface area contributed by atoms with Gasteiger partial charge in [-0.15, -0.1) is 0 Å². The van der Waals surface area contributed by atoms with Gasteiger partial charge in [0, 0.05) is 30.4 Å². The van der Waals surface area contributed by atoms with Crippen LogP contribution in [0.4, 0.5) is 8.78 Å². The van der Waals surface area contributed by atoms with E-state index < -0.39 is 11.3 Å². The number of rotatable bonds is 3. The number of alkyl halides is 2. The molecule has 1 aliphatic rings. The highest BCUT2D eigenvalue weighted by molar-refractivity contribution is 5.47. The first kappa shape index (κ1) is 12.3. The number of nitrogens with two attached hydrogens (primary N) is 1. The van der Waals surface area contributed by atoms with Crippen molar-refractivity contribution in [3.05, 3.63) is 29.3 Å². The van der Waals surface area contributed by atoms with Crippen molar-refractivity contribution in [2.45, 2.75) is 31.1 Å². The largest absolute Gasteiger partial charge is 0.496 e. The first-order valence-electron chi connectivity index (χ1n) is 5.66. The molecule has 1 aromatic carbocycles. The van der Waals surface area contributed by atoms with E-state index in [1.165, 1.54) is 0 Å². The van der Waals surface area contributed by atoms with E-state index in [-0.39, 0.29) is 19.4 Å². The lowest BCUT2D eigenvalue weighted by Gasteiger charge is -2.48. The minimum atomic E-state index is -2.59. The van der Waals surface area contributed by atoms with Crippen molar-refractivity contribution in [1.29, 1.82) is 0 Å². The zero-order valence-electron chi connectivity index (χ0n) is 10.1. The zero-order valence-corrected chi connectivity index (χ0v) is 10.1. The molecule has 0 bridgehead atoms. The summed E-state index contributed by atoms with van der Waals surface area (Å²) >= 11 is 0. The average molecular weight is 241 g/mol. The van der Waals surface area contributed by atoms with Crippen LogP contribution in [0.2, 0.25) is 0 Å². The number of aryl methyl sites for hydroxylation is 1. The SMILES string of the molecule is COc1cccc(C)c1C1(CN)CC(F)(F)C1. The lowest BCUT2D eigenvalue weighted by molar-refractivity contribution is -0.124. The molecule has 0 atom stereocenters. The number of halogens is 2. The second-order valence-corrected chi connectivity index (χ2v) is 4.85. The molecule has 94 valence electrons. The van der Waals surface area contributed by atoms with Gasteiger partial charge >= 0.3 is 0 Å². The molecule has 1 saturated carbocycles. The normalized spacial score (nSPS) is 20.8. The van der Waals surface area contributed by atoms with E-state index >= 15 is 0 Å². The Morgan fingerprint density at radius 2 is 2.00 bits per heavy atom. The van der Waals surface area contributed by atoms with Gasteiger partial charge in [0.25, 0.3) is 0 Å². The minimum absolute atomic E-state index is 0.183. The molecular weight excluding hydrogens is 224 g/mol. The Kier molecular flexibility index (Phi) is 2.86. The summed E-state index contributed by atoms with van der Waals surface area (Å²) in [5.41, 5.74) is 6.91. The predicted octanol–water partition coefficient (Wildman–Crippen LogP) is 2.63. The third-order valence-corrected chi connectivity index (χ3v) is 3.57. The maximum absolute atomic E-state index is 13.2. The lowest BCUT2D eigenvalue weighted by atomic mass is 9.61. The number of hydrogen-bond donors (Lipinski definition) is 1. The second-order valence-electron chi connectivity index (χ2n) is 4.85. The first-order valence-corrected chi connectivity index (χ1v) is 5.66.